The lowest BCUT2D eigenvalue weighted by Crippen LogP contribution is -2.58. The molecule has 0 bridgehead atoms. The molecule has 3 heterocycles. The normalized spacial score (nSPS) is 15.2. The van der Waals surface area contributed by atoms with Crippen molar-refractivity contribution in [3.63, 3.8) is 0 Å². The van der Waals surface area contributed by atoms with Crippen LogP contribution in [0.2, 0.25) is 0 Å². The van der Waals surface area contributed by atoms with E-state index in [2.05, 4.69) is 45.0 Å². The van der Waals surface area contributed by atoms with Crippen molar-refractivity contribution in [2.45, 2.75) is 26.4 Å². The van der Waals surface area contributed by atoms with Crippen LogP contribution in [-0.4, -0.2) is 46.2 Å². The van der Waals surface area contributed by atoms with Crippen LogP contribution in [0.4, 0.5) is 5.82 Å². The van der Waals surface area contributed by atoms with E-state index >= 15 is 0 Å². The molecule has 4 rings (SSSR count). The van der Waals surface area contributed by atoms with Gasteiger partial charge in [0.25, 0.3) is 0 Å². The topological polar surface area (TPSA) is 58.3 Å². The van der Waals surface area contributed by atoms with Crippen LogP contribution in [0.25, 0.3) is 11.0 Å². The van der Waals surface area contributed by atoms with Crippen molar-refractivity contribution in [1.82, 2.24) is 20.0 Å². The summed E-state index contributed by atoms with van der Waals surface area (Å²) in [6.07, 6.45) is 1.65. The average Bonchev–Trinajstić information content (AvgIpc) is 2.93. The number of hydrogen-bond donors (Lipinski definition) is 0. The zero-order chi connectivity index (χ0) is 16.7. The highest BCUT2D eigenvalue weighted by atomic mass is 16.5. The fourth-order valence-corrected chi connectivity index (χ4v) is 3.17. The van der Waals surface area contributed by atoms with E-state index in [1.807, 2.05) is 25.1 Å². The number of benzene rings is 1. The first kappa shape index (κ1) is 15.1. The third-order valence-corrected chi connectivity index (χ3v) is 4.95. The van der Waals surface area contributed by atoms with Crippen LogP contribution in [0.5, 0.6) is 0 Å². The molecule has 0 radical (unpaired) electrons. The summed E-state index contributed by atoms with van der Waals surface area (Å²) in [5, 5.41) is 5.33. The molecule has 1 aliphatic rings. The monoisotopic (exact) mass is 323 g/mol. The lowest BCUT2D eigenvalue weighted by atomic mass is 10.1. The Labute approximate surface area is 141 Å². The van der Waals surface area contributed by atoms with Crippen molar-refractivity contribution in [2.75, 3.05) is 25.0 Å². The van der Waals surface area contributed by atoms with Gasteiger partial charge in [-0.25, -0.2) is 9.97 Å². The first-order chi connectivity index (χ1) is 11.6. The van der Waals surface area contributed by atoms with E-state index in [0.717, 1.165) is 47.8 Å². The van der Waals surface area contributed by atoms with Crippen molar-refractivity contribution < 1.29 is 4.52 Å². The lowest BCUT2D eigenvalue weighted by molar-refractivity contribution is 0.192. The van der Waals surface area contributed by atoms with Gasteiger partial charge >= 0.3 is 0 Å². The van der Waals surface area contributed by atoms with E-state index in [-0.39, 0.29) is 0 Å². The molecule has 2 aromatic heterocycles. The second-order valence-electron chi connectivity index (χ2n) is 6.51. The number of likely N-dealkylation sites (N-methyl/N-ethyl adjacent to an activating group) is 1. The van der Waals surface area contributed by atoms with E-state index in [1.54, 1.807) is 6.33 Å². The van der Waals surface area contributed by atoms with Crippen LogP contribution in [0.15, 0.2) is 35.1 Å². The number of nitrogens with zero attached hydrogens (tertiary/aromatic N) is 5. The van der Waals surface area contributed by atoms with Gasteiger partial charge in [0.2, 0.25) is 0 Å². The van der Waals surface area contributed by atoms with Crippen LogP contribution < -0.4 is 4.90 Å². The van der Waals surface area contributed by atoms with Gasteiger partial charge in [0.15, 0.2) is 5.58 Å². The van der Waals surface area contributed by atoms with Gasteiger partial charge in [-0.1, -0.05) is 17.3 Å². The van der Waals surface area contributed by atoms with Gasteiger partial charge < -0.3 is 9.42 Å². The molecule has 1 aliphatic heterocycles. The summed E-state index contributed by atoms with van der Waals surface area (Å²) in [6.45, 7) is 6.85. The van der Waals surface area contributed by atoms with Crippen LogP contribution in [0, 0.1) is 13.8 Å². The molecule has 6 nitrogen and oxygen atoms in total. The molecular formula is C18H21N5O. The lowest BCUT2D eigenvalue weighted by Gasteiger charge is -2.45. The maximum Gasteiger partial charge on any atom is 0.167 e. The molecule has 0 spiro atoms. The molecule has 0 N–H and O–H groups in total. The van der Waals surface area contributed by atoms with Crippen molar-refractivity contribution >= 4 is 16.8 Å². The third kappa shape index (κ3) is 2.53. The molecule has 6 heteroatoms. The molecule has 1 aromatic carbocycles. The second-order valence-corrected chi connectivity index (χ2v) is 6.51. The maximum atomic E-state index is 5.40. The third-order valence-electron chi connectivity index (χ3n) is 4.95. The molecule has 0 amide bonds. The number of anilines is 1. The van der Waals surface area contributed by atoms with Crippen molar-refractivity contribution in [3.8, 4) is 0 Å². The largest absolute Gasteiger partial charge is 0.356 e. The molecular weight excluding hydrogens is 302 g/mol. The summed E-state index contributed by atoms with van der Waals surface area (Å²) in [7, 11) is 2.14. The predicted molar refractivity (Wildman–Crippen MR) is 93.0 cm³/mol. The van der Waals surface area contributed by atoms with Crippen molar-refractivity contribution in [2.24, 2.45) is 0 Å². The van der Waals surface area contributed by atoms with Gasteiger partial charge in [0.1, 0.15) is 17.8 Å². The summed E-state index contributed by atoms with van der Waals surface area (Å²) >= 11 is 0. The molecule has 3 aromatic rings. The molecule has 24 heavy (non-hydrogen) atoms. The highest BCUT2D eigenvalue weighted by Gasteiger charge is 2.32. The minimum Gasteiger partial charge on any atom is -0.356 e. The summed E-state index contributed by atoms with van der Waals surface area (Å²) in [6, 6.07) is 8.51. The zero-order valence-corrected chi connectivity index (χ0v) is 14.2. The molecule has 1 fully saturated rings. The Morgan fingerprint density at radius 1 is 1.21 bits per heavy atom. The van der Waals surface area contributed by atoms with Crippen LogP contribution in [0.3, 0.4) is 0 Å². The number of aromatic nitrogens is 3. The highest BCUT2D eigenvalue weighted by molar-refractivity contribution is 5.79. The van der Waals surface area contributed by atoms with Crippen LogP contribution in [-0.2, 0) is 6.54 Å². The van der Waals surface area contributed by atoms with Gasteiger partial charge in [0, 0.05) is 42.3 Å². The van der Waals surface area contributed by atoms with Gasteiger partial charge in [-0.05, 0) is 33.0 Å². The standard InChI is InChI=1S/C18H21N5O/c1-12-13(2)19-11-20-18(12)23-8-14(9-23)22(3)10-16-15-6-4-5-7-17(15)24-21-16/h4-7,11,14H,8-10H2,1-3H3. The zero-order valence-electron chi connectivity index (χ0n) is 14.2. The summed E-state index contributed by atoms with van der Waals surface area (Å²) in [4.78, 5) is 13.3. The maximum absolute atomic E-state index is 5.40. The van der Waals surface area contributed by atoms with E-state index in [9.17, 15) is 0 Å². The van der Waals surface area contributed by atoms with Crippen LogP contribution in [0.1, 0.15) is 17.0 Å². The minimum atomic E-state index is 0.495. The molecule has 124 valence electrons. The number of rotatable bonds is 4. The van der Waals surface area contributed by atoms with E-state index in [0.29, 0.717) is 6.04 Å². The number of fused-ring (bicyclic) bond motifs is 1. The van der Waals surface area contributed by atoms with Gasteiger partial charge in [-0.2, -0.15) is 0 Å². The van der Waals surface area contributed by atoms with E-state index in [4.69, 9.17) is 4.52 Å². The summed E-state index contributed by atoms with van der Waals surface area (Å²) < 4.78 is 5.40. The van der Waals surface area contributed by atoms with E-state index in [1.165, 1.54) is 5.56 Å². The Hall–Kier alpha value is -2.47. The molecule has 0 aliphatic carbocycles. The predicted octanol–water partition coefficient (Wildman–Crippen LogP) is 2.56. The minimum absolute atomic E-state index is 0.495. The quantitative estimate of drug-likeness (QED) is 0.735. The first-order valence-electron chi connectivity index (χ1n) is 8.20. The van der Waals surface area contributed by atoms with Gasteiger partial charge in [-0.15, -0.1) is 0 Å². The molecule has 0 atom stereocenters. The first-order valence-corrected chi connectivity index (χ1v) is 8.20. The molecule has 1 saturated heterocycles. The number of hydrogen-bond acceptors (Lipinski definition) is 6. The Bertz CT molecular complexity index is 869. The second kappa shape index (κ2) is 5.87. The Kier molecular flexibility index (Phi) is 3.69. The van der Waals surface area contributed by atoms with Gasteiger partial charge in [-0.3, -0.25) is 4.90 Å². The fourth-order valence-electron chi connectivity index (χ4n) is 3.17. The average molecular weight is 323 g/mol. The number of para-hydroxylation sites is 1. The van der Waals surface area contributed by atoms with Gasteiger partial charge in [0.05, 0.1) is 0 Å². The highest BCUT2D eigenvalue weighted by Crippen LogP contribution is 2.26. The summed E-state index contributed by atoms with van der Waals surface area (Å²) in [5.41, 5.74) is 4.07. The Morgan fingerprint density at radius 2 is 2.00 bits per heavy atom. The van der Waals surface area contributed by atoms with Crippen LogP contribution >= 0.6 is 0 Å². The molecule has 0 saturated carbocycles. The van der Waals surface area contributed by atoms with Crippen molar-refractivity contribution in [1.29, 1.82) is 0 Å². The number of aryl methyl sites for hydroxylation is 1. The fraction of sp³-hybridized carbons (Fsp3) is 0.389. The molecule has 0 unspecified atom stereocenters. The SMILES string of the molecule is Cc1ncnc(N2CC(N(C)Cc3noc4ccccc34)C2)c1C. The van der Waals surface area contributed by atoms with Crippen molar-refractivity contribution in [3.05, 3.63) is 47.5 Å². The smallest absolute Gasteiger partial charge is 0.167 e. The Morgan fingerprint density at radius 3 is 2.83 bits per heavy atom. The Balaban J connectivity index is 1.42. The van der Waals surface area contributed by atoms with E-state index < -0.39 is 0 Å². The summed E-state index contributed by atoms with van der Waals surface area (Å²) in [5.74, 6) is 1.05.